The fourth-order valence-corrected chi connectivity index (χ4v) is 1.62. The Morgan fingerprint density at radius 3 is 2.53 bits per heavy atom. The maximum Gasteiger partial charge on any atom is 0.144 e. The van der Waals surface area contributed by atoms with E-state index in [-0.39, 0.29) is 11.2 Å². The van der Waals surface area contributed by atoms with E-state index < -0.39 is 0 Å². The predicted octanol–water partition coefficient (Wildman–Crippen LogP) is 3.31. The molecule has 0 aliphatic carbocycles. The zero-order valence-corrected chi connectivity index (χ0v) is 11.2. The number of pyridine rings is 1. The van der Waals surface area contributed by atoms with Gasteiger partial charge in [0.2, 0.25) is 0 Å². The van der Waals surface area contributed by atoms with Crippen molar-refractivity contribution in [1.29, 1.82) is 0 Å². The number of hydrogen-bond acceptors (Lipinski definition) is 2. The number of rotatable bonds is 2. The average molecular weight is 270 g/mol. The Morgan fingerprint density at radius 1 is 1.47 bits per heavy atom. The third-order valence-electron chi connectivity index (χ3n) is 2.32. The molecule has 0 saturated heterocycles. The van der Waals surface area contributed by atoms with Crippen LogP contribution in [0.15, 0.2) is 16.7 Å². The van der Waals surface area contributed by atoms with Gasteiger partial charge in [-0.3, -0.25) is 9.78 Å². The minimum Gasteiger partial charge on any atom is -0.299 e. The van der Waals surface area contributed by atoms with Gasteiger partial charge in [-0.15, -0.1) is 0 Å². The van der Waals surface area contributed by atoms with Crippen LogP contribution in [0.2, 0.25) is 0 Å². The van der Waals surface area contributed by atoms with Crippen molar-refractivity contribution in [3.05, 3.63) is 28.0 Å². The third kappa shape index (κ3) is 3.42. The monoisotopic (exact) mass is 269 g/mol. The number of hydrogen-bond donors (Lipinski definition) is 0. The second-order valence-corrected chi connectivity index (χ2v) is 5.68. The first-order valence-corrected chi connectivity index (χ1v) is 5.74. The molecule has 0 fully saturated rings. The van der Waals surface area contributed by atoms with Crippen molar-refractivity contribution in [3.8, 4) is 0 Å². The van der Waals surface area contributed by atoms with Gasteiger partial charge in [-0.25, -0.2) is 0 Å². The molecule has 3 heteroatoms. The molecule has 15 heavy (non-hydrogen) atoms. The molecule has 0 N–H and O–H groups in total. The normalized spacial score (nSPS) is 11.5. The Hall–Kier alpha value is -0.700. The first-order valence-electron chi connectivity index (χ1n) is 4.95. The fourth-order valence-electron chi connectivity index (χ4n) is 1.17. The number of aryl methyl sites for hydroxylation is 1. The van der Waals surface area contributed by atoms with Crippen molar-refractivity contribution in [1.82, 2.24) is 4.98 Å². The summed E-state index contributed by atoms with van der Waals surface area (Å²) in [4.78, 5) is 16.1. The van der Waals surface area contributed by atoms with E-state index in [0.29, 0.717) is 6.42 Å². The van der Waals surface area contributed by atoms with E-state index in [4.69, 9.17) is 0 Å². The number of halogens is 1. The second kappa shape index (κ2) is 4.44. The van der Waals surface area contributed by atoms with Crippen LogP contribution in [0.4, 0.5) is 0 Å². The lowest BCUT2D eigenvalue weighted by Gasteiger charge is -2.16. The molecular formula is C12H16BrNO. The van der Waals surface area contributed by atoms with Crippen molar-refractivity contribution < 1.29 is 4.79 Å². The smallest absolute Gasteiger partial charge is 0.144 e. The summed E-state index contributed by atoms with van der Waals surface area (Å²) in [6.45, 7) is 7.78. The molecule has 0 atom stereocenters. The summed E-state index contributed by atoms with van der Waals surface area (Å²) in [6.07, 6.45) is 2.15. The summed E-state index contributed by atoms with van der Waals surface area (Å²) in [5, 5.41) is 0. The predicted molar refractivity (Wildman–Crippen MR) is 64.8 cm³/mol. The van der Waals surface area contributed by atoms with Gasteiger partial charge < -0.3 is 0 Å². The van der Waals surface area contributed by atoms with Crippen molar-refractivity contribution in [2.45, 2.75) is 34.1 Å². The SMILES string of the molecule is Cc1cc(Br)cnc1CC(=O)C(C)(C)C. The highest BCUT2D eigenvalue weighted by Gasteiger charge is 2.22. The highest BCUT2D eigenvalue weighted by molar-refractivity contribution is 9.10. The minimum absolute atomic E-state index is 0.223. The summed E-state index contributed by atoms with van der Waals surface area (Å²) >= 11 is 3.35. The van der Waals surface area contributed by atoms with Gasteiger partial charge in [0.1, 0.15) is 5.78 Å². The van der Waals surface area contributed by atoms with Crippen LogP contribution in [0.5, 0.6) is 0 Å². The molecule has 0 radical (unpaired) electrons. The van der Waals surface area contributed by atoms with Crippen molar-refractivity contribution in [2.75, 3.05) is 0 Å². The largest absolute Gasteiger partial charge is 0.299 e. The third-order valence-corrected chi connectivity index (χ3v) is 2.75. The Bertz CT molecular complexity index is 380. The van der Waals surface area contributed by atoms with Crippen LogP contribution in [-0.2, 0) is 11.2 Å². The highest BCUT2D eigenvalue weighted by Crippen LogP contribution is 2.19. The zero-order valence-electron chi connectivity index (χ0n) is 9.60. The molecule has 0 bridgehead atoms. The molecule has 0 amide bonds. The fraction of sp³-hybridized carbons (Fsp3) is 0.500. The summed E-state index contributed by atoms with van der Waals surface area (Å²) in [5.74, 6) is 0.223. The van der Waals surface area contributed by atoms with Crippen LogP contribution in [0.3, 0.4) is 0 Å². The molecule has 1 aromatic heterocycles. The van der Waals surface area contributed by atoms with Crippen LogP contribution >= 0.6 is 15.9 Å². The van der Waals surface area contributed by atoms with E-state index in [0.717, 1.165) is 15.7 Å². The van der Waals surface area contributed by atoms with Gasteiger partial charge in [0.15, 0.2) is 0 Å². The molecule has 0 aromatic carbocycles. The summed E-state index contributed by atoms with van der Waals surface area (Å²) in [7, 11) is 0. The molecule has 0 unspecified atom stereocenters. The van der Waals surface area contributed by atoms with E-state index in [2.05, 4.69) is 20.9 Å². The van der Waals surface area contributed by atoms with Crippen LogP contribution in [0.1, 0.15) is 32.0 Å². The number of ketones is 1. The van der Waals surface area contributed by atoms with Crippen LogP contribution in [-0.4, -0.2) is 10.8 Å². The standard InChI is InChI=1S/C12H16BrNO/c1-8-5-9(13)7-14-10(8)6-11(15)12(2,3)4/h5,7H,6H2,1-4H3. The quantitative estimate of drug-likeness (QED) is 0.825. The Morgan fingerprint density at radius 2 is 2.07 bits per heavy atom. The van der Waals surface area contributed by atoms with Crippen LogP contribution < -0.4 is 0 Å². The molecule has 2 nitrogen and oxygen atoms in total. The molecular weight excluding hydrogens is 254 g/mol. The van der Waals surface area contributed by atoms with E-state index in [1.54, 1.807) is 6.20 Å². The highest BCUT2D eigenvalue weighted by atomic mass is 79.9. The Balaban J connectivity index is 2.87. The van der Waals surface area contributed by atoms with Gasteiger partial charge in [0, 0.05) is 22.5 Å². The Kier molecular flexibility index (Phi) is 3.66. The number of aromatic nitrogens is 1. The molecule has 0 aliphatic heterocycles. The van der Waals surface area contributed by atoms with E-state index >= 15 is 0 Å². The van der Waals surface area contributed by atoms with Gasteiger partial charge in [-0.2, -0.15) is 0 Å². The zero-order chi connectivity index (χ0) is 11.6. The van der Waals surface area contributed by atoms with E-state index in [9.17, 15) is 4.79 Å². The summed E-state index contributed by atoms with van der Waals surface area (Å²) in [6, 6.07) is 1.98. The second-order valence-electron chi connectivity index (χ2n) is 4.77. The van der Waals surface area contributed by atoms with Crippen LogP contribution in [0, 0.1) is 12.3 Å². The van der Waals surface area contributed by atoms with E-state index in [1.807, 2.05) is 33.8 Å². The van der Waals surface area contributed by atoms with Gasteiger partial charge in [-0.05, 0) is 34.5 Å². The summed E-state index contributed by atoms with van der Waals surface area (Å²) < 4.78 is 0.951. The number of Topliss-reactive ketones (excluding diaryl/α,β-unsaturated/α-hetero) is 1. The molecule has 0 saturated carbocycles. The van der Waals surface area contributed by atoms with Gasteiger partial charge in [-0.1, -0.05) is 20.8 Å². The number of nitrogens with zero attached hydrogens (tertiary/aromatic N) is 1. The van der Waals surface area contributed by atoms with Crippen molar-refractivity contribution in [3.63, 3.8) is 0 Å². The molecule has 1 aromatic rings. The molecule has 0 spiro atoms. The minimum atomic E-state index is -0.290. The van der Waals surface area contributed by atoms with Crippen molar-refractivity contribution in [2.24, 2.45) is 5.41 Å². The first kappa shape index (κ1) is 12.4. The maximum atomic E-state index is 11.8. The first-order chi connectivity index (χ1) is 6.80. The lowest BCUT2D eigenvalue weighted by Crippen LogP contribution is -2.22. The lowest BCUT2D eigenvalue weighted by atomic mass is 9.87. The van der Waals surface area contributed by atoms with E-state index in [1.165, 1.54) is 0 Å². The maximum absolute atomic E-state index is 11.8. The lowest BCUT2D eigenvalue weighted by molar-refractivity contribution is -0.125. The van der Waals surface area contributed by atoms with Gasteiger partial charge in [0.25, 0.3) is 0 Å². The molecule has 0 aliphatic rings. The Labute approximate surface area is 99.2 Å². The number of carbonyl (C=O) groups is 1. The van der Waals surface area contributed by atoms with Crippen LogP contribution in [0.25, 0.3) is 0 Å². The summed E-state index contributed by atoms with van der Waals surface area (Å²) in [5.41, 5.74) is 1.64. The number of carbonyl (C=O) groups excluding carboxylic acids is 1. The topological polar surface area (TPSA) is 30.0 Å². The van der Waals surface area contributed by atoms with Gasteiger partial charge in [0.05, 0.1) is 5.69 Å². The molecule has 1 rings (SSSR count). The average Bonchev–Trinajstić information content (AvgIpc) is 2.08. The van der Waals surface area contributed by atoms with Gasteiger partial charge >= 0.3 is 0 Å². The van der Waals surface area contributed by atoms with Crippen molar-refractivity contribution >= 4 is 21.7 Å². The molecule has 82 valence electrons. The molecule has 1 heterocycles.